The average molecular weight is 353 g/mol. The van der Waals surface area contributed by atoms with Gasteiger partial charge >= 0.3 is 0 Å². The molecule has 0 radical (unpaired) electrons. The first kappa shape index (κ1) is 18.3. The van der Waals surface area contributed by atoms with E-state index in [0.717, 1.165) is 31.2 Å². The maximum absolute atomic E-state index is 13.4. The molecule has 4 nitrogen and oxygen atoms in total. The molecule has 0 heterocycles. The molecule has 0 aliphatic heterocycles. The van der Waals surface area contributed by atoms with E-state index < -0.39 is 5.41 Å². The lowest BCUT2D eigenvalue weighted by Crippen LogP contribution is -2.42. The molecular weight excluding hydrogens is 326 g/mol. The first-order valence-corrected chi connectivity index (χ1v) is 9.20. The van der Waals surface area contributed by atoms with E-state index in [4.69, 9.17) is 9.47 Å². The van der Waals surface area contributed by atoms with Crippen molar-refractivity contribution in [3.8, 4) is 11.5 Å². The average Bonchev–Trinajstić information content (AvgIpc) is 2.69. The van der Waals surface area contributed by atoms with E-state index in [0.29, 0.717) is 17.2 Å². The minimum absolute atomic E-state index is 0.0459. The molecule has 0 saturated heterocycles. The molecule has 1 N–H and O–H groups in total. The second kappa shape index (κ2) is 7.81. The number of hydrogen-bond acceptors (Lipinski definition) is 3. The maximum atomic E-state index is 13.4. The van der Waals surface area contributed by atoms with Crippen LogP contribution in [0.3, 0.4) is 0 Å². The Morgan fingerprint density at radius 3 is 2.27 bits per heavy atom. The Morgan fingerprint density at radius 1 is 0.962 bits per heavy atom. The third-order valence-electron chi connectivity index (χ3n) is 5.40. The Hall–Kier alpha value is -2.49. The third kappa shape index (κ3) is 3.55. The van der Waals surface area contributed by atoms with Gasteiger partial charge in [0.25, 0.3) is 0 Å². The van der Waals surface area contributed by atoms with Crippen molar-refractivity contribution in [1.82, 2.24) is 0 Å². The Morgan fingerprint density at radius 2 is 1.65 bits per heavy atom. The topological polar surface area (TPSA) is 47.6 Å². The van der Waals surface area contributed by atoms with Crippen LogP contribution in [0.5, 0.6) is 11.5 Å². The minimum Gasteiger partial charge on any atom is -0.497 e. The summed E-state index contributed by atoms with van der Waals surface area (Å²) < 4.78 is 10.7. The molecule has 2 aromatic carbocycles. The van der Waals surface area contributed by atoms with Crippen molar-refractivity contribution in [3.63, 3.8) is 0 Å². The number of anilines is 1. The zero-order valence-corrected chi connectivity index (χ0v) is 15.8. The molecule has 1 fully saturated rings. The molecule has 0 bridgehead atoms. The molecule has 3 rings (SSSR count). The van der Waals surface area contributed by atoms with Gasteiger partial charge in [-0.15, -0.1) is 0 Å². The number of aryl methyl sites for hydroxylation is 1. The molecule has 138 valence electrons. The van der Waals surface area contributed by atoms with Crippen LogP contribution in [0.15, 0.2) is 42.5 Å². The van der Waals surface area contributed by atoms with Crippen LogP contribution in [0.25, 0.3) is 0 Å². The molecule has 0 spiro atoms. The van der Waals surface area contributed by atoms with Crippen molar-refractivity contribution < 1.29 is 14.3 Å². The van der Waals surface area contributed by atoms with Gasteiger partial charge in [0.2, 0.25) is 5.91 Å². The monoisotopic (exact) mass is 353 g/mol. The van der Waals surface area contributed by atoms with Crippen molar-refractivity contribution in [2.24, 2.45) is 0 Å². The van der Waals surface area contributed by atoms with Crippen LogP contribution in [0.1, 0.15) is 43.2 Å². The Balaban J connectivity index is 1.93. The molecule has 0 atom stereocenters. The highest BCUT2D eigenvalue weighted by Crippen LogP contribution is 2.41. The fourth-order valence-corrected chi connectivity index (χ4v) is 3.82. The number of carbonyl (C=O) groups is 1. The van der Waals surface area contributed by atoms with E-state index in [1.165, 1.54) is 12.0 Å². The number of nitrogens with one attached hydrogen (secondary N) is 1. The first-order valence-electron chi connectivity index (χ1n) is 9.20. The number of methoxy groups -OCH3 is 2. The zero-order chi connectivity index (χ0) is 18.6. The highest BCUT2D eigenvalue weighted by molar-refractivity contribution is 6.00. The number of ether oxygens (including phenoxy) is 2. The van der Waals surface area contributed by atoms with Gasteiger partial charge in [-0.3, -0.25) is 4.79 Å². The normalized spacial score (nSPS) is 16.0. The highest BCUT2D eigenvalue weighted by atomic mass is 16.5. The van der Waals surface area contributed by atoms with Crippen molar-refractivity contribution in [3.05, 3.63) is 53.6 Å². The van der Waals surface area contributed by atoms with Gasteiger partial charge in [0.15, 0.2) is 0 Å². The summed E-state index contributed by atoms with van der Waals surface area (Å²) in [5.41, 5.74) is 2.51. The number of rotatable bonds is 5. The largest absolute Gasteiger partial charge is 0.497 e. The van der Waals surface area contributed by atoms with Gasteiger partial charge in [0.1, 0.15) is 11.5 Å². The Kier molecular flexibility index (Phi) is 5.50. The first-order chi connectivity index (χ1) is 12.6. The van der Waals surface area contributed by atoms with E-state index in [9.17, 15) is 4.79 Å². The summed E-state index contributed by atoms with van der Waals surface area (Å²) in [6.45, 7) is 2.07. The predicted octanol–water partition coefficient (Wildman–Crippen LogP) is 4.85. The molecule has 4 heteroatoms. The van der Waals surface area contributed by atoms with Gasteiger partial charge in [0, 0.05) is 6.07 Å². The fourth-order valence-electron chi connectivity index (χ4n) is 3.82. The number of benzene rings is 2. The van der Waals surface area contributed by atoms with E-state index in [1.54, 1.807) is 20.3 Å². The van der Waals surface area contributed by atoms with Gasteiger partial charge in [-0.1, -0.05) is 49.1 Å². The van der Waals surface area contributed by atoms with Gasteiger partial charge in [-0.25, -0.2) is 0 Å². The molecule has 1 saturated carbocycles. The third-order valence-corrected chi connectivity index (χ3v) is 5.40. The molecular formula is C22H27NO3. The standard InChI is InChI=1S/C22H27NO3/c1-16-7-9-17(10-8-16)22(13-5-4-6-14-22)21(24)23-19-12-11-18(25-2)15-20(19)26-3/h7-12,15H,4-6,13-14H2,1-3H3,(H,23,24). The lowest BCUT2D eigenvalue weighted by atomic mass is 9.68. The smallest absolute Gasteiger partial charge is 0.235 e. The van der Waals surface area contributed by atoms with Crippen LogP contribution in [0.4, 0.5) is 5.69 Å². The van der Waals surface area contributed by atoms with Crippen LogP contribution >= 0.6 is 0 Å². The summed E-state index contributed by atoms with van der Waals surface area (Å²) in [5, 5.41) is 3.12. The summed E-state index contributed by atoms with van der Waals surface area (Å²) in [6, 6.07) is 13.8. The molecule has 1 amide bonds. The second-order valence-corrected chi connectivity index (χ2v) is 7.03. The fraction of sp³-hybridized carbons (Fsp3) is 0.409. The van der Waals surface area contributed by atoms with Crippen LogP contribution < -0.4 is 14.8 Å². The van der Waals surface area contributed by atoms with E-state index in [2.05, 4.69) is 36.5 Å². The molecule has 2 aromatic rings. The van der Waals surface area contributed by atoms with Crippen molar-refractivity contribution >= 4 is 11.6 Å². The number of carbonyl (C=O) groups excluding carboxylic acids is 1. The lowest BCUT2D eigenvalue weighted by Gasteiger charge is -2.36. The van der Waals surface area contributed by atoms with Crippen LogP contribution in [-0.4, -0.2) is 20.1 Å². The summed E-state index contributed by atoms with van der Waals surface area (Å²) in [4.78, 5) is 13.4. The molecule has 1 aliphatic carbocycles. The summed E-state index contributed by atoms with van der Waals surface area (Å²) in [7, 11) is 3.21. The quantitative estimate of drug-likeness (QED) is 0.835. The summed E-state index contributed by atoms with van der Waals surface area (Å²) >= 11 is 0. The van der Waals surface area contributed by atoms with Crippen molar-refractivity contribution in [1.29, 1.82) is 0 Å². The predicted molar refractivity (Wildman–Crippen MR) is 104 cm³/mol. The van der Waals surface area contributed by atoms with Crippen LogP contribution in [-0.2, 0) is 10.2 Å². The second-order valence-electron chi connectivity index (χ2n) is 7.03. The van der Waals surface area contributed by atoms with Gasteiger partial charge in [-0.05, 0) is 37.5 Å². The van der Waals surface area contributed by atoms with Crippen molar-refractivity contribution in [2.45, 2.75) is 44.4 Å². The maximum Gasteiger partial charge on any atom is 0.235 e. The molecule has 0 aromatic heterocycles. The lowest BCUT2D eigenvalue weighted by molar-refractivity contribution is -0.122. The molecule has 1 aliphatic rings. The van der Waals surface area contributed by atoms with Gasteiger partial charge in [-0.2, -0.15) is 0 Å². The van der Waals surface area contributed by atoms with Crippen LogP contribution in [0.2, 0.25) is 0 Å². The number of hydrogen-bond donors (Lipinski definition) is 1. The SMILES string of the molecule is COc1ccc(NC(=O)C2(c3ccc(C)cc3)CCCCC2)c(OC)c1. The summed E-state index contributed by atoms with van der Waals surface area (Å²) in [5.74, 6) is 1.35. The highest BCUT2D eigenvalue weighted by Gasteiger charge is 2.41. The van der Waals surface area contributed by atoms with E-state index >= 15 is 0 Å². The molecule has 0 unspecified atom stereocenters. The molecule has 26 heavy (non-hydrogen) atoms. The van der Waals surface area contributed by atoms with Crippen molar-refractivity contribution in [2.75, 3.05) is 19.5 Å². The summed E-state index contributed by atoms with van der Waals surface area (Å²) in [6.07, 6.45) is 5.08. The van der Waals surface area contributed by atoms with Crippen LogP contribution in [0, 0.1) is 6.92 Å². The zero-order valence-electron chi connectivity index (χ0n) is 15.8. The van der Waals surface area contributed by atoms with E-state index in [-0.39, 0.29) is 5.91 Å². The Labute approximate surface area is 155 Å². The van der Waals surface area contributed by atoms with E-state index in [1.807, 2.05) is 12.1 Å². The van der Waals surface area contributed by atoms with Gasteiger partial charge < -0.3 is 14.8 Å². The Bertz CT molecular complexity index is 761. The van der Waals surface area contributed by atoms with Gasteiger partial charge in [0.05, 0.1) is 25.3 Å². The minimum atomic E-state index is -0.475. The number of amides is 1.